The maximum Gasteiger partial charge on any atom is 0.305 e. The Bertz CT molecular complexity index is 1060. The Morgan fingerprint density at radius 2 is 1.81 bits per heavy atom. The lowest BCUT2D eigenvalue weighted by atomic mass is 10.0. The van der Waals surface area contributed by atoms with Crippen molar-refractivity contribution in [3.05, 3.63) is 64.7 Å². The first kappa shape index (κ1) is 24.3. The first-order valence-corrected chi connectivity index (χ1v) is 8.85. The third kappa shape index (κ3) is 6.25. The number of hydrogen-bond acceptors (Lipinski definition) is 5. The van der Waals surface area contributed by atoms with Gasteiger partial charge in [0.1, 0.15) is 12.2 Å². The van der Waals surface area contributed by atoms with E-state index in [-0.39, 0.29) is 11.6 Å². The number of carboxylic acid groups (broad SMARTS) is 1. The van der Waals surface area contributed by atoms with Crippen molar-refractivity contribution < 1.29 is 37.1 Å². The highest BCUT2D eigenvalue weighted by Crippen LogP contribution is 2.27. The molecule has 0 aromatic heterocycles. The number of rotatable bonds is 9. The number of hydrazine groups is 1. The van der Waals surface area contributed by atoms with Gasteiger partial charge in [0, 0.05) is 17.2 Å². The Balaban J connectivity index is 2.12. The minimum atomic E-state index is -2.02. The molecule has 0 aliphatic rings. The molecule has 6 N–H and O–H groups in total. The molecule has 0 radical (unpaired) electrons. The van der Waals surface area contributed by atoms with Crippen LogP contribution in [-0.4, -0.2) is 35.8 Å². The van der Waals surface area contributed by atoms with E-state index in [0.717, 1.165) is 0 Å². The van der Waals surface area contributed by atoms with Crippen molar-refractivity contribution in [1.82, 2.24) is 16.1 Å². The molecule has 2 aromatic rings. The molecule has 1 atom stereocenters. The molecule has 9 nitrogen and oxygen atoms in total. The molecule has 0 heterocycles. The van der Waals surface area contributed by atoms with Gasteiger partial charge in [-0.3, -0.25) is 14.4 Å². The molecule has 0 saturated carbocycles. The van der Waals surface area contributed by atoms with E-state index in [0.29, 0.717) is 5.69 Å². The monoisotopic (exact) mass is 455 g/mol. The van der Waals surface area contributed by atoms with Crippen LogP contribution in [0, 0.1) is 23.3 Å². The molecule has 170 valence electrons. The first-order valence-electron chi connectivity index (χ1n) is 8.85. The second kappa shape index (κ2) is 10.9. The van der Waals surface area contributed by atoms with Gasteiger partial charge in [-0.05, 0) is 18.2 Å². The van der Waals surface area contributed by atoms with Crippen LogP contribution in [0.5, 0.6) is 0 Å². The molecule has 2 aromatic carbocycles. The van der Waals surface area contributed by atoms with Crippen molar-refractivity contribution in [3.63, 3.8) is 0 Å². The smallest absolute Gasteiger partial charge is 0.305 e. The summed E-state index contributed by atoms with van der Waals surface area (Å²) < 4.78 is 54.7. The van der Waals surface area contributed by atoms with Gasteiger partial charge in [0.2, 0.25) is 5.91 Å². The molecule has 32 heavy (non-hydrogen) atoms. The number of aliphatic imine (C=N–C) groups is 1. The molecular formula is C19H17F4N5O4. The summed E-state index contributed by atoms with van der Waals surface area (Å²) in [7, 11) is 0. The van der Waals surface area contributed by atoms with Gasteiger partial charge in [0.25, 0.3) is 5.91 Å². The number of aliphatic carboxylic acids is 1. The summed E-state index contributed by atoms with van der Waals surface area (Å²) in [4.78, 5) is 39.3. The van der Waals surface area contributed by atoms with E-state index >= 15 is 0 Å². The SMILES string of the molecule is NNC=Nc1cccc(C(=O)NCC(=O)NC(CC(=O)O)c2c(F)cc(F)c(F)c2F)c1. The van der Waals surface area contributed by atoms with Crippen LogP contribution in [0.2, 0.25) is 0 Å². The van der Waals surface area contributed by atoms with Gasteiger partial charge in [-0.1, -0.05) is 6.07 Å². The van der Waals surface area contributed by atoms with Crippen molar-refractivity contribution in [2.75, 3.05) is 6.54 Å². The van der Waals surface area contributed by atoms with Crippen LogP contribution in [-0.2, 0) is 9.59 Å². The fraction of sp³-hybridized carbons (Fsp3) is 0.158. The van der Waals surface area contributed by atoms with E-state index in [1.165, 1.54) is 24.5 Å². The summed E-state index contributed by atoms with van der Waals surface area (Å²) in [6, 6.07) is 4.04. The minimum absolute atomic E-state index is 0.0339. The highest BCUT2D eigenvalue weighted by Gasteiger charge is 2.28. The average Bonchev–Trinajstić information content (AvgIpc) is 2.74. The van der Waals surface area contributed by atoms with Crippen LogP contribution in [0.4, 0.5) is 23.2 Å². The summed E-state index contributed by atoms with van der Waals surface area (Å²) in [5, 5.41) is 13.2. The van der Waals surface area contributed by atoms with E-state index in [1.54, 1.807) is 6.07 Å². The number of amides is 2. The second-order valence-corrected chi connectivity index (χ2v) is 6.26. The van der Waals surface area contributed by atoms with Gasteiger partial charge >= 0.3 is 5.97 Å². The van der Waals surface area contributed by atoms with Crippen LogP contribution >= 0.6 is 0 Å². The van der Waals surface area contributed by atoms with Crippen LogP contribution in [0.15, 0.2) is 35.3 Å². The number of hydrogen-bond donors (Lipinski definition) is 5. The third-order valence-electron chi connectivity index (χ3n) is 4.02. The molecule has 0 bridgehead atoms. The average molecular weight is 455 g/mol. The van der Waals surface area contributed by atoms with Crippen molar-refractivity contribution in [2.45, 2.75) is 12.5 Å². The van der Waals surface area contributed by atoms with Crippen molar-refractivity contribution in [2.24, 2.45) is 10.8 Å². The summed E-state index contributed by atoms with van der Waals surface area (Å²) >= 11 is 0. The van der Waals surface area contributed by atoms with Crippen molar-refractivity contribution in [1.29, 1.82) is 0 Å². The van der Waals surface area contributed by atoms with Crippen molar-refractivity contribution >= 4 is 29.8 Å². The lowest BCUT2D eigenvalue weighted by molar-refractivity contribution is -0.137. The normalized spacial score (nSPS) is 11.8. The summed E-state index contributed by atoms with van der Waals surface area (Å²) in [6.07, 6.45) is 0.136. The van der Waals surface area contributed by atoms with E-state index in [2.05, 4.69) is 15.7 Å². The summed E-state index contributed by atoms with van der Waals surface area (Å²) in [6.45, 7) is -0.709. The number of nitrogens with one attached hydrogen (secondary N) is 3. The predicted molar refractivity (Wildman–Crippen MR) is 104 cm³/mol. The maximum atomic E-state index is 14.0. The van der Waals surface area contributed by atoms with Gasteiger partial charge in [0.05, 0.1) is 24.7 Å². The molecule has 0 aliphatic carbocycles. The predicted octanol–water partition coefficient (Wildman–Crippen LogP) is 1.43. The number of carbonyl (C=O) groups excluding carboxylic acids is 2. The summed E-state index contributed by atoms with van der Waals surface area (Å²) in [5.41, 5.74) is 1.50. The molecule has 0 saturated heterocycles. The number of benzene rings is 2. The number of nitrogens with zero attached hydrogens (tertiary/aromatic N) is 1. The number of carbonyl (C=O) groups is 3. The Morgan fingerprint density at radius 3 is 2.47 bits per heavy atom. The van der Waals surface area contributed by atoms with Crippen molar-refractivity contribution in [3.8, 4) is 0 Å². The zero-order chi connectivity index (χ0) is 23.8. The molecular weight excluding hydrogens is 438 g/mol. The van der Waals surface area contributed by atoms with E-state index in [9.17, 15) is 31.9 Å². The first-order chi connectivity index (χ1) is 15.1. The van der Waals surface area contributed by atoms with E-state index in [4.69, 9.17) is 10.9 Å². The van der Waals surface area contributed by atoms with Crippen LogP contribution < -0.4 is 21.9 Å². The highest BCUT2D eigenvalue weighted by atomic mass is 19.2. The van der Waals surface area contributed by atoms with Gasteiger partial charge < -0.3 is 21.2 Å². The fourth-order valence-electron chi connectivity index (χ4n) is 2.65. The molecule has 2 amide bonds. The van der Waals surface area contributed by atoms with E-state index < -0.39 is 65.6 Å². The second-order valence-electron chi connectivity index (χ2n) is 6.26. The molecule has 0 aliphatic heterocycles. The summed E-state index contributed by atoms with van der Waals surface area (Å²) in [5.74, 6) is -5.65. The van der Waals surface area contributed by atoms with Gasteiger partial charge in [0.15, 0.2) is 17.5 Å². The largest absolute Gasteiger partial charge is 0.481 e. The zero-order valence-corrected chi connectivity index (χ0v) is 16.2. The Labute approximate surface area is 178 Å². The molecule has 2 rings (SSSR count). The lowest BCUT2D eigenvalue weighted by Crippen LogP contribution is -2.39. The number of nitrogens with two attached hydrogens (primary N) is 1. The minimum Gasteiger partial charge on any atom is -0.481 e. The Hall–Kier alpha value is -4.00. The van der Waals surface area contributed by atoms with Gasteiger partial charge in [-0.2, -0.15) is 0 Å². The van der Waals surface area contributed by atoms with Gasteiger partial charge in [-0.25, -0.2) is 28.4 Å². The zero-order valence-electron chi connectivity index (χ0n) is 16.2. The number of halogens is 4. The number of carboxylic acids is 1. The lowest BCUT2D eigenvalue weighted by Gasteiger charge is -2.19. The Morgan fingerprint density at radius 1 is 1.09 bits per heavy atom. The van der Waals surface area contributed by atoms with E-state index in [1.807, 2.05) is 5.32 Å². The molecule has 0 fully saturated rings. The molecule has 0 spiro atoms. The third-order valence-corrected chi connectivity index (χ3v) is 4.02. The van der Waals surface area contributed by atoms with Crippen LogP contribution in [0.3, 0.4) is 0 Å². The standard InChI is InChI=1S/C19H17F4N5O4/c20-11-5-12(21)17(22)18(23)16(11)13(6-15(30)31)28-14(29)7-25-19(32)9-2-1-3-10(4-9)26-8-27-24/h1-5,8,13H,6-7,24H2,(H,25,32)(H,26,27)(H,28,29)(H,30,31). The highest BCUT2D eigenvalue weighted by molar-refractivity contribution is 5.97. The Kier molecular flexibility index (Phi) is 8.24. The topological polar surface area (TPSA) is 146 Å². The molecule has 13 heteroatoms. The fourth-order valence-corrected chi connectivity index (χ4v) is 2.65. The maximum absolute atomic E-state index is 14.0. The van der Waals surface area contributed by atoms with Crippen LogP contribution in [0.25, 0.3) is 0 Å². The van der Waals surface area contributed by atoms with Crippen LogP contribution in [0.1, 0.15) is 28.4 Å². The van der Waals surface area contributed by atoms with Gasteiger partial charge in [-0.15, -0.1) is 0 Å². The molecule has 1 unspecified atom stereocenters. The quantitative estimate of drug-likeness (QED) is 0.0736.